The molecule has 0 atom stereocenters. The fourth-order valence-corrected chi connectivity index (χ4v) is 3.50. The molecular weight excluding hydrogens is 412 g/mol. The number of ether oxygens (including phenoxy) is 1. The summed E-state index contributed by atoms with van der Waals surface area (Å²) in [7, 11) is 0. The van der Waals surface area contributed by atoms with E-state index in [-0.39, 0.29) is 12.6 Å². The van der Waals surface area contributed by atoms with Crippen LogP contribution in [-0.2, 0) is 17.9 Å². The zero-order valence-electron chi connectivity index (χ0n) is 16.7. The van der Waals surface area contributed by atoms with E-state index in [2.05, 4.69) is 15.0 Å². The number of nitrogens with two attached hydrogens (primary N) is 3. The predicted molar refractivity (Wildman–Crippen MR) is 117 cm³/mol. The molecule has 1 amide bonds. The molecule has 11 nitrogen and oxygen atoms in total. The van der Waals surface area contributed by atoms with Crippen LogP contribution in [-0.4, -0.2) is 30.8 Å². The lowest BCUT2D eigenvalue weighted by atomic mass is 10.1. The molecule has 5 aromatic rings. The number of fused-ring (bicyclic) bond motifs is 2. The minimum absolute atomic E-state index is 0.0973. The van der Waals surface area contributed by atoms with Crippen molar-refractivity contribution in [3.05, 3.63) is 59.9 Å². The number of carbonyl (C=O) groups excluding carboxylic acids is 1. The van der Waals surface area contributed by atoms with Crippen molar-refractivity contribution < 1.29 is 13.9 Å². The van der Waals surface area contributed by atoms with E-state index in [1.54, 1.807) is 10.7 Å². The monoisotopic (exact) mass is 430 g/mol. The number of oxazole rings is 1. The topological polar surface area (TPSA) is 174 Å². The Morgan fingerprint density at radius 3 is 2.62 bits per heavy atom. The maximum atomic E-state index is 10.8. The average Bonchev–Trinajstić information content (AvgIpc) is 3.33. The first-order chi connectivity index (χ1) is 15.5. The molecule has 32 heavy (non-hydrogen) atoms. The van der Waals surface area contributed by atoms with Crippen molar-refractivity contribution in [1.82, 2.24) is 24.7 Å². The Bertz CT molecular complexity index is 1460. The largest absolute Gasteiger partial charge is 0.445 e. The van der Waals surface area contributed by atoms with Crippen LogP contribution in [0.5, 0.6) is 0 Å². The van der Waals surface area contributed by atoms with Gasteiger partial charge in [0.05, 0.1) is 11.9 Å². The van der Waals surface area contributed by atoms with Crippen LogP contribution >= 0.6 is 0 Å². The van der Waals surface area contributed by atoms with Crippen LogP contribution in [0.3, 0.4) is 0 Å². The van der Waals surface area contributed by atoms with Crippen LogP contribution in [0.2, 0.25) is 0 Å². The van der Waals surface area contributed by atoms with Gasteiger partial charge in [0.15, 0.2) is 11.2 Å². The van der Waals surface area contributed by atoms with Crippen molar-refractivity contribution in [1.29, 1.82) is 0 Å². The van der Waals surface area contributed by atoms with Gasteiger partial charge in [-0.3, -0.25) is 0 Å². The quantitative estimate of drug-likeness (QED) is 0.378. The molecule has 2 aromatic carbocycles. The van der Waals surface area contributed by atoms with Crippen molar-refractivity contribution in [3.63, 3.8) is 0 Å². The van der Waals surface area contributed by atoms with Crippen molar-refractivity contribution in [2.24, 2.45) is 5.73 Å². The molecule has 0 bridgehead atoms. The van der Waals surface area contributed by atoms with Gasteiger partial charge in [-0.25, -0.2) is 19.4 Å². The number of benzene rings is 2. The van der Waals surface area contributed by atoms with Gasteiger partial charge in [-0.2, -0.15) is 10.1 Å². The van der Waals surface area contributed by atoms with Gasteiger partial charge >= 0.3 is 6.09 Å². The number of carbonyl (C=O) groups is 1. The Balaban J connectivity index is 1.53. The molecule has 5 rings (SSSR count). The summed E-state index contributed by atoms with van der Waals surface area (Å²) in [6.07, 6.45) is 0.596. The first-order valence-electron chi connectivity index (χ1n) is 9.61. The van der Waals surface area contributed by atoms with Gasteiger partial charge in [-0.05, 0) is 29.3 Å². The lowest BCUT2D eigenvalue weighted by Gasteiger charge is -2.06. The molecule has 0 unspecified atom stereocenters. The Hall–Kier alpha value is -4.67. The molecule has 0 aliphatic carbocycles. The molecule has 6 N–H and O–H groups in total. The number of nitrogen functional groups attached to an aromatic ring is 2. The maximum absolute atomic E-state index is 10.8. The predicted octanol–water partition coefficient (Wildman–Crippen LogP) is 2.44. The van der Waals surface area contributed by atoms with Gasteiger partial charge < -0.3 is 26.4 Å². The molecule has 160 valence electrons. The molecule has 0 aliphatic heterocycles. The van der Waals surface area contributed by atoms with E-state index in [1.807, 2.05) is 36.4 Å². The standard InChI is InChI=1S/C21H18N8O3/c22-18-16-17(13-5-6-15-14(7-13)27-20(23)32-15)28-29(19(16)26-10-25-18)8-11-1-3-12(4-2-11)9-31-21(24)30/h1-7,10H,8-9H2,(H2,23,27)(H2,24,30)(H2,22,25,26). The normalized spacial score (nSPS) is 11.2. The Labute approximate surface area is 180 Å². The fourth-order valence-electron chi connectivity index (χ4n) is 3.50. The third-order valence-electron chi connectivity index (χ3n) is 4.97. The average molecular weight is 430 g/mol. The summed E-state index contributed by atoms with van der Waals surface area (Å²) in [6.45, 7) is 0.562. The van der Waals surface area contributed by atoms with Gasteiger partial charge in [0.2, 0.25) is 0 Å². The number of hydrogen-bond donors (Lipinski definition) is 3. The number of aromatic nitrogens is 5. The lowest BCUT2D eigenvalue weighted by Crippen LogP contribution is -2.12. The van der Waals surface area contributed by atoms with E-state index in [1.165, 1.54) is 6.33 Å². The van der Waals surface area contributed by atoms with Crippen molar-refractivity contribution in [2.75, 3.05) is 11.5 Å². The minimum atomic E-state index is -0.812. The molecule has 0 aliphatic rings. The number of hydrogen-bond acceptors (Lipinski definition) is 9. The summed E-state index contributed by atoms with van der Waals surface area (Å²) in [5.74, 6) is 0.329. The number of anilines is 2. The van der Waals surface area contributed by atoms with E-state index in [0.29, 0.717) is 40.2 Å². The Morgan fingerprint density at radius 1 is 1.06 bits per heavy atom. The van der Waals surface area contributed by atoms with Crippen molar-refractivity contribution in [3.8, 4) is 11.3 Å². The third kappa shape index (κ3) is 3.51. The van der Waals surface area contributed by atoms with Crippen LogP contribution in [0.4, 0.5) is 16.6 Å². The Kier molecular flexibility index (Phi) is 4.55. The van der Waals surface area contributed by atoms with E-state index in [4.69, 9.17) is 31.5 Å². The third-order valence-corrected chi connectivity index (χ3v) is 4.97. The van der Waals surface area contributed by atoms with Crippen LogP contribution in [0.1, 0.15) is 11.1 Å². The molecule has 0 radical (unpaired) electrons. The highest BCUT2D eigenvalue weighted by Crippen LogP contribution is 2.32. The van der Waals surface area contributed by atoms with Crippen LogP contribution < -0.4 is 17.2 Å². The second-order valence-corrected chi connectivity index (χ2v) is 7.12. The van der Waals surface area contributed by atoms with Crippen LogP contribution in [0.15, 0.2) is 53.2 Å². The van der Waals surface area contributed by atoms with E-state index in [0.717, 1.165) is 16.7 Å². The SMILES string of the molecule is NC(=O)OCc1ccc(Cn2nc(-c3ccc4oc(N)nc4c3)c3c(N)ncnc32)cc1. The highest BCUT2D eigenvalue weighted by molar-refractivity contribution is 5.99. The fraction of sp³-hybridized carbons (Fsp3) is 0.0952. The molecular formula is C21H18N8O3. The molecule has 0 saturated heterocycles. The summed E-state index contributed by atoms with van der Waals surface area (Å²) in [6, 6.07) is 13.1. The summed E-state index contributed by atoms with van der Waals surface area (Å²) < 4.78 is 11.9. The van der Waals surface area contributed by atoms with E-state index < -0.39 is 6.09 Å². The van der Waals surface area contributed by atoms with E-state index in [9.17, 15) is 4.79 Å². The van der Waals surface area contributed by atoms with Gasteiger partial charge in [-0.15, -0.1) is 0 Å². The van der Waals surface area contributed by atoms with Gasteiger partial charge in [0.1, 0.15) is 30.0 Å². The zero-order valence-corrected chi connectivity index (χ0v) is 16.7. The highest BCUT2D eigenvalue weighted by Gasteiger charge is 2.18. The second kappa shape index (κ2) is 7.54. The van der Waals surface area contributed by atoms with Gasteiger partial charge in [0, 0.05) is 5.56 Å². The summed E-state index contributed by atoms with van der Waals surface area (Å²) in [5.41, 5.74) is 21.9. The molecule has 0 spiro atoms. The van der Waals surface area contributed by atoms with Gasteiger partial charge in [-0.1, -0.05) is 24.3 Å². The smallest absolute Gasteiger partial charge is 0.404 e. The second-order valence-electron chi connectivity index (χ2n) is 7.12. The van der Waals surface area contributed by atoms with Crippen LogP contribution in [0, 0.1) is 0 Å². The van der Waals surface area contributed by atoms with Crippen molar-refractivity contribution >= 4 is 40.1 Å². The summed E-state index contributed by atoms with van der Waals surface area (Å²) in [4.78, 5) is 23.5. The first-order valence-corrected chi connectivity index (χ1v) is 9.61. The lowest BCUT2D eigenvalue weighted by molar-refractivity contribution is 0.150. The highest BCUT2D eigenvalue weighted by atomic mass is 16.5. The minimum Gasteiger partial charge on any atom is -0.445 e. The molecule has 11 heteroatoms. The van der Waals surface area contributed by atoms with Gasteiger partial charge in [0.25, 0.3) is 6.01 Å². The number of amides is 1. The molecule has 0 fully saturated rings. The number of primary amides is 1. The molecule has 3 aromatic heterocycles. The van der Waals surface area contributed by atoms with E-state index >= 15 is 0 Å². The summed E-state index contributed by atoms with van der Waals surface area (Å²) in [5, 5.41) is 5.42. The maximum Gasteiger partial charge on any atom is 0.404 e. The zero-order chi connectivity index (χ0) is 22.2. The number of rotatable bonds is 5. The summed E-state index contributed by atoms with van der Waals surface area (Å²) >= 11 is 0. The van der Waals surface area contributed by atoms with Crippen molar-refractivity contribution in [2.45, 2.75) is 13.2 Å². The first kappa shape index (κ1) is 19.3. The molecule has 3 heterocycles. The Morgan fingerprint density at radius 2 is 1.84 bits per heavy atom. The molecule has 0 saturated carbocycles. The van der Waals surface area contributed by atoms with Crippen LogP contribution in [0.25, 0.3) is 33.4 Å². The number of nitrogens with zero attached hydrogens (tertiary/aromatic N) is 5.